The summed E-state index contributed by atoms with van der Waals surface area (Å²) in [6.45, 7) is 0.796. The summed E-state index contributed by atoms with van der Waals surface area (Å²) in [6, 6.07) is 0. The van der Waals surface area contributed by atoms with Crippen molar-refractivity contribution in [3.8, 4) is 0 Å². The summed E-state index contributed by atoms with van der Waals surface area (Å²) in [5, 5.41) is 7.82. The molecule has 0 saturated heterocycles. The van der Waals surface area contributed by atoms with Gasteiger partial charge in [0, 0.05) is 6.20 Å². The lowest BCUT2D eigenvalue weighted by Crippen LogP contribution is -1.74. The second-order valence-electron chi connectivity index (χ2n) is 2.59. The van der Waals surface area contributed by atoms with E-state index in [1.54, 1.807) is 6.20 Å². The molecule has 0 saturated carbocycles. The van der Waals surface area contributed by atoms with Gasteiger partial charge < -0.3 is 0 Å². The van der Waals surface area contributed by atoms with Gasteiger partial charge in [0.1, 0.15) is 0 Å². The Balaban J connectivity index is 2.42. The minimum atomic E-state index is 0.796. The fourth-order valence-corrected chi connectivity index (χ4v) is 0.928. The molecule has 0 unspecified atom stereocenters. The molecule has 0 fully saturated rings. The zero-order chi connectivity index (χ0) is 8.49. The predicted octanol–water partition coefficient (Wildman–Crippen LogP) is 3.25. The number of hydrogen-bond donors (Lipinski definition) is 0. The van der Waals surface area contributed by atoms with Crippen molar-refractivity contribution in [2.24, 2.45) is 10.2 Å². The molecule has 0 N–H and O–H groups in total. The highest BCUT2D eigenvalue weighted by Crippen LogP contribution is 1.96. The Morgan fingerprint density at radius 2 is 1.67 bits per heavy atom. The molecule has 1 aliphatic rings. The quantitative estimate of drug-likeness (QED) is 0.488. The standard InChI is InChI=1S/C10H14N2/c1-2-4-6-8-10-12-11-9-7-5-3-1/h3-7,9H,1-2,8,10H2. The number of rotatable bonds is 0. The minimum Gasteiger partial charge on any atom is -0.189 e. The monoisotopic (exact) mass is 162 g/mol. The molecule has 0 amide bonds. The van der Waals surface area contributed by atoms with E-state index in [2.05, 4.69) is 28.5 Å². The van der Waals surface area contributed by atoms with Crippen molar-refractivity contribution < 1.29 is 0 Å². The van der Waals surface area contributed by atoms with Crippen LogP contribution in [0, 0.1) is 0 Å². The second-order valence-corrected chi connectivity index (χ2v) is 2.59. The van der Waals surface area contributed by atoms with Crippen molar-refractivity contribution in [2.75, 3.05) is 6.54 Å². The largest absolute Gasteiger partial charge is 0.189 e. The van der Waals surface area contributed by atoms with Gasteiger partial charge in [0.25, 0.3) is 0 Å². The molecule has 0 atom stereocenters. The maximum atomic E-state index is 3.96. The molecule has 0 spiro atoms. The lowest BCUT2D eigenvalue weighted by atomic mass is 10.2. The van der Waals surface area contributed by atoms with Crippen LogP contribution in [0.1, 0.15) is 19.3 Å². The zero-order valence-electron chi connectivity index (χ0n) is 7.19. The molecule has 0 radical (unpaired) electrons. The normalized spacial score (nSPS) is 18.7. The van der Waals surface area contributed by atoms with Gasteiger partial charge in [0.15, 0.2) is 0 Å². The molecule has 2 nitrogen and oxygen atoms in total. The van der Waals surface area contributed by atoms with Gasteiger partial charge in [-0.05, 0) is 25.3 Å². The first-order valence-electron chi connectivity index (χ1n) is 4.33. The van der Waals surface area contributed by atoms with E-state index in [1.807, 2.05) is 12.2 Å². The Bertz CT molecular complexity index is 190. The van der Waals surface area contributed by atoms with Crippen LogP contribution in [-0.2, 0) is 0 Å². The summed E-state index contributed by atoms with van der Waals surface area (Å²) >= 11 is 0. The van der Waals surface area contributed by atoms with Crippen LogP contribution in [0.15, 0.2) is 46.8 Å². The SMILES string of the molecule is C1=CCCC=CCCN=NC=C1. The molecule has 0 aromatic carbocycles. The zero-order valence-corrected chi connectivity index (χ0v) is 7.19. The first kappa shape index (κ1) is 8.91. The van der Waals surface area contributed by atoms with E-state index in [9.17, 15) is 0 Å². The molecular formula is C10H14N2. The fraction of sp³-hybridized carbons (Fsp3) is 0.400. The molecule has 0 aromatic rings. The minimum absolute atomic E-state index is 0.796. The molecule has 0 aromatic heterocycles. The summed E-state index contributed by atoms with van der Waals surface area (Å²) in [4.78, 5) is 0. The van der Waals surface area contributed by atoms with Gasteiger partial charge in [-0.3, -0.25) is 0 Å². The molecule has 0 bridgehead atoms. The van der Waals surface area contributed by atoms with Crippen LogP contribution in [0.5, 0.6) is 0 Å². The van der Waals surface area contributed by atoms with E-state index in [0.29, 0.717) is 0 Å². The predicted molar refractivity (Wildman–Crippen MR) is 51.0 cm³/mol. The second kappa shape index (κ2) is 6.53. The van der Waals surface area contributed by atoms with E-state index in [4.69, 9.17) is 0 Å². The third kappa shape index (κ3) is 4.61. The van der Waals surface area contributed by atoms with E-state index in [0.717, 1.165) is 25.8 Å². The van der Waals surface area contributed by atoms with Gasteiger partial charge in [-0.2, -0.15) is 10.2 Å². The Labute approximate surface area is 73.4 Å². The van der Waals surface area contributed by atoms with Gasteiger partial charge in [-0.15, -0.1) is 0 Å². The number of nitrogens with zero attached hydrogens (tertiary/aromatic N) is 2. The molecule has 1 heterocycles. The first-order chi connectivity index (χ1) is 6.00. The molecule has 64 valence electrons. The Hall–Kier alpha value is -1.18. The molecule has 1 aliphatic heterocycles. The van der Waals surface area contributed by atoms with Gasteiger partial charge in [-0.25, -0.2) is 0 Å². The van der Waals surface area contributed by atoms with Crippen LogP contribution >= 0.6 is 0 Å². The highest BCUT2D eigenvalue weighted by Gasteiger charge is 1.79. The number of allylic oxidation sites excluding steroid dienone is 4. The average molecular weight is 162 g/mol. The van der Waals surface area contributed by atoms with Crippen LogP contribution in [0.3, 0.4) is 0 Å². The van der Waals surface area contributed by atoms with Gasteiger partial charge >= 0.3 is 0 Å². The van der Waals surface area contributed by atoms with Crippen LogP contribution in [0.25, 0.3) is 0 Å². The van der Waals surface area contributed by atoms with Crippen molar-refractivity contribution in [1.29, 1.82) is 0 Å². The van der Waals surface area contributed by atoms with Crippen LogP contribution in [0.4, 0.5) is 0 Å². The fourth-order valence-electron chi connectivity index (χ4n) is 0.928. The topological polar surface area (TPSA) is 24.7 Å². The van der Waals surface area contributed by atoms with Gasteiger partial charge in [-0.1, -0.05) is 24.3 Å². The maximum Gasteiger partial charge on any atom is 0.0637 e. The average Bonchev–Trinajstić information content (AvgIpc) is 2.05. The molecule has 1 rings (SSSR count). The summed E-state index contributed by atoms with van der Waals surface area (Å²) in [5.41, 5.74) is 0. The van der Waals surface area contributed by atoms with Crippen molar-refractivity contribution in [2.45, 2.75) is 19.3 Å². The third-order valence-electron chi connectivity index (χ3n) is 1.54. The summed E-state index contributed by atoms with van der Waals surface area (Å²) in [6.07, 6.45) is 15.4. The lowest BCUT2D eigenvalue weighted by molar-refractivity contribution is 0.916. The lowest BCUT2D eigenvalue weighted by Gasteiger charge is -1.88. The highest BCUT2D eigenvalue weighted by molar-refractivity contribution is 5.02. The summed E-state index contributed by atoms with van der Waals surface area (Å²) in [5.74, 6) is 0. The van der Waals surface area contributed by atoms with Gasteiger partial charge in [0.05, 0.1) is 6.54 Å². The van der Waals surface area contributed by atoms with Crippen LogP contribution in [0.2, 0.25) is 0 Å². The van der Waals surface area contributed by atoms with Crippen molar-refractivity contribution >= 4 is 0 Å². The molecular weight excluding hydrogens is 148 g/mol. The first-order valence-corrected chi connectivity index (χ1v) is 4.33. The molecule has 0 aliphatic carbocycles. The molecule has 12 heavy (non-hydrogen) atoms. The molecule has 2 heteroatoms. The van der Waals surface area contributed by atoms with Crippen molar-refractivity contribution in [3.63, 3.8) is 0 Å². The third-order valence-corrected chi connectivity index (χ3v) is 1.54. The Morgan fingerprint density at radius 1 is 0.833 bits per heavy atom. The Morgan fingerprint density at radius 3 is 2.67 bits per heavy atom. The van der Waals surface area contributed by atoms with Gasteiger partial charge in [0.2, 0.25) is 0 Å². The van der Waals surface area contributed by atoms with Crippen LogP contribution < -0.4 is 0 Å². The number of hydrogen-bond acceptors (Lipinski definition) is 2. The van der Waals surface area contributed by atoms with Crippen LogP contribution in [-0.4, -0.2) is 6.54 Å². The van der Waals surface area contributed by atoms with E-state index in [-0.39, 0.29) is 0 Å². The highest BCUT2D eigenvalue weighted by atomic mass is 15.1. The smallest absolute Gasteiger partial charge is 0.0637 e. The van der Waals surface area contributed by atoms with E-state index in [1.165, 1.54) is 0 Å². The summed E-state index contributed by atoms with van der Waals surface area (Å²) in [7, 11) is 0. The van der Waals surface area contributed by atoms with E-state index < -0.39 is 0 Å². The van der Waals surface area contributed by atoms with Crippen molar-refractivity contribution in [3.05, 3.63) is 36.6 Å². The maximum absolute atomic E-state index is 3.96. The van der Waals surface area contributed by atoms with E-state index >= 15 is 0 Å². The summed E-state index contributed by atoms with van der Waals surface area (Å²) < 4.78 is 0. The number of azo groups is 1. The Kier molecular flexibility index (Phi) is 4.85. The van der Waals surface area contributed by atoms with Crippen molar-refractivity contribution in [1.82, 2.24) is 0 Å².